The Kier molecular flexibility index (Phi) is 7.47. The van der Waals surface area contributed by atoms with Gasteiger partial charge in [-0.2, -0.15) is 0 Å². The number of rotatable bonds is 8. The summed E-state index contributed by atoms with van der Waals surface area (Å²) in [4.78, 5) is 2.43. The molecule has 3 nitrogen and oxygen atoms in total. The summed E-state index contributed by atoms with van der Waals surface area (Å²) in [6.07, 6.45) is 5.56. The average Bonchev–Trinajstić information content (AvgIpc) is 2.28. The zero-order valence-electron chi connectivity index (χ0n) is 10.6. The van der Waals surface area contributed by atoms with Gasteiger partial charge in [0, 0.05) is 13.1 Å². The first kappa shape index (κ1) is 13.7. The molecule has 1 heterocycles. The Bertz CT molecular complexity index is 185. The van der Waals surface area contributed by atoms with E-state index in [2.05, 4.69) is 23.8 Å². The van der Waals surface area contributed by atoms with E-state index >= 15 is 0 Å². The maximum Gasteiger partial charge on any atom is 0.0591 e. The summed E-state index contributed by atoms with van der Waals surface area (Å²) in [5, 5.41) is 3.48. The van der Waals surface area contributed by atoms with Gasteiger partial charge < -0.3 is 15.0 Å². The highest BCUT2D eigenvalue weighted by Crippen LogP contribution is 2.13. The van der Waals surface area contributed by atoms with E-state index in [4.69, 9.17) is 4.74 Å². The molecule has 1 unspecified atom stereocenters. The van der Waals surface area contributed by atoms with Crippen LogP contribution in [-0.2, 0) is 4.74 Å². The van der Waals surface area contributed by atoms with Crippen molar-refractivity contribution >= 4 is 0 Å². The van der Waals surface area contributed by atoms with Gasteiger partial charge >= 0.3 is 0 Å². The number of piperidine rings is 1. The molecule has 1 fully saturated rings. The quantitative estimate of drug-likeness (QED) is 0.501. The molecule has 0 aromatic heterocycles. The van der Waals surface area contributed by atoms with Gasteiger partial charge in [0.2, 0.25) is 0 Å². The minimum absolute atomic E-state index is 0.803. The van der Waals surface area contributed by atoms with Gasteiger partial charge in [-0.3, -0.25) is 0 Å². The lowest BCUT2D eigenvalue weighted by molar-refractivity contribution is 0.137. The molecule has 0 bridgehead atoms. The van der Waals surface area contributed by atoms with Crippen molar-refractivity contribution in [1.29, 1.82) is 0 Å². The van der Waals surface area contributed by atoms with Gasteiger partial charge in [0.25, 0.3) is 0 Å². The predicted octanol–water partition coefficient (Wildman–Crippen LogP) is 1.51. The molecule has 0 aromatic rings. The third-order valence-electron chi connectivity index (χ3n) is 3.04. The number of likely N-dealkylation sites (tertiary alicyclic amines) is 1. The Morgan fingerprint density at radius 2 is 2.38 bits per heavy atom. The number of ether oxygens (including phenoxy) is 1. The minimum atomic E-state index is 0.803. The molecule has 0 aliphatic carbocycles. The van der Waals surface area contributed by atoms with Crippen LogP contribution >= 0.6 is 0 Å². The molecule has 1 saturated heterocycles. The predicted molar refractivity (Wildman–Crippen MR) is 68.7 cm³/mol. The number of hydrogen-bond acceptors (Lipinski definition) is 3. The van der Waals surface area contributed by atoms with Crippen molar-refractivity contribution < 1.29 is 4.74 Å². The lowest BCUT2D eigenvalue weighted by atomic mass is 9.98. The van der Waals surface area contributed by atoms with Crippen LogP contribution in [0.25, 0.3) is 0 Å². The number of hydrogen-bond donors (Lipinski definition) is 1. The number of nitrogens with one attached hydrogen (secondary N) is 1. The fourth-order valence-corrected chi connectivity index (χ4v) is 2.16. The molecule has 0 aromatic carbocycles. The van der Waals surface area contributed by atoms with Crippen LogP contribution in [0, 0.1) is 5.92 Å². The standard InChI is InChI=1S/C13H26N2O/c1-3-4-9-16-10-7-14-11-13-6-5-8-15(2)12-13/h3,13-14H,1,4-12H2,2H3. The summed E-state index contributed by atoms with van der Waals surface area (Å²) < 4.78 is 5.44. The van der Waals surface area contributed by atoms with E-state index in [0.29, 0.717) is 0 Å². The summed E-state index contributed by atoms with van der Waals surface area (Å²) in [5.41, 5.74) is 0. The fraction of sp³-hybridized carbons (Fsp3) is 0.846. The van der Waals surface area contributed by atoms with Crippen LogP contribution in [0.2, 0.25) is 0 Å². The number of nitrogens with zero attached hydrogens (tertiary/aromatic N) is 1. The molecule has 0 amide bonds. The van der Waals surface area contributed by atoms with E-state index in [1.807, 2.05) is 6.08 Å². The second-order valence-corrected chi connectivity index (χ2v) is 4.66. The normalized spacial score (nSPS) is 22.2. The zero-order chi connectivity index (χ0) is 11.6. The second kappa shape index (κ2) is 8.74. The van der Waals surface area contributed by atoms with Crippen molar-refractivity contribution in [1.82, 2.24) is 10.2 Å². The molecular weight excluding hydrogens is 200 g/mol. The molecule has 16 heavy (non-hydrogen) atoms. The molecule has 1 atom stereocenters. The fourth-order valence-electron chi connectivity index (χ4n) is 2.16. The SMILES string of the molecule is C=CCCOCCNCC1CCCN(C)C1. The van der Waals surface area contributed by atoms with Gasteiger partial charge in [0.05, 0.1) is 13.2 Å². The van der Waals surface area contributed by atoms with Gasteiger partial charge in [-0.25, -0.2) is 0 Å². The van der Waals surface area contributed by atoms with Gasteiger partial charge in [-0.1, -0.05) is 6.08 Å². The van der Waals surface area contributed by atoms with Crippen molar-refractivity contribution in [2.24, 2.45) is 5.92 Å². The highest BCUT2D eigenvalue weighted by atomic mass is 16.5. The van der Waals surface area contributed by atoms with Gasteiger partial charge in [-0.05, 0) is 45.3 Å². The van der Waals surface area contributed by atoms with E-state index < -0.39 is 0 Å². The van der Waals surface area contributed by atoms with Gasteiger partial charge in [0.1, 0.15) is 0 Å². The van der Waals surface area contributed by atoms with E-state index in [1.54, 1.807) is 0 Å². The van der Waals surface area contributed by atoms with Crippen molar-refractivity contribution in [2.45, 2.75) is 19.3 Å². The van der Waals surface area contributed by atoms with E-state index in [0.717, 1.165) is 38.6 Å². The first-order valence-corrected chi connectivity index (χ1v) is 6.41. The highest BCUT2D eigenvalue weighted by molar-refractivity contribution is 4.72. The largest absolute Gasteiger partial charge is 0.380 e. The van der Waals surface area contributed by atoms with E-state index in [9.17, 15) is 0 Å². The summed E-state index contributed by atoms with van der Waals surface area (Å²) in [6, 6.07) is 0. The Morgan fingerprint density at radius 3 is 3.12 bits per heavy atom. The molecule has 0 radical (unpaired) electrons. The van der Waals surface area contributed by atoms with Crippen LogP contribution in [0.5, 0.6) is 0 Å². The Labute approximate surface area is 99.8 Å². The molecule has 94 valence electrons. The van der Waals surface area contributed by atoms with Crippen LogP contribution in [0.1, 0.15) is 19.3 Å². The summed E-state index contributed by atoms with van der Waals surface area (Å²) in [7, 11) is 2.21. The highest BCUT2D eigenvalue weighted by Gasteiger charge is 2.15. The lowest BCUT2D eigenvalue weighted by Crippen LogP contribution is -2.38. The summed E-state index contributed by atoms with van der Waals surface area (Å²) >= 11 is 0. The van der Waals surface area contributed by atoms with E-state index in [-0.39, 0.29) is 0 Å². The van der Waals surface area contributed by atoms with Crippen LogP contribution in [0.4, 0.5) is 0 Å². The molecule has 0 saturated carbocycles. The third-order valence-corrected chi connectivity index (χ3v) is 3.04. The Hall–Kier alpha value is -0.380. The van der Waals surface area contributed by atoms with Crippen molar-refractivity contribution in [2.75, 3.05) is 46.4 Å². The molecule has 1 aliphatic rings. The summed E-state index contributed by atoms with van der Waals surface area (Å²) in [6.45, 7) is 9.89. The Morgan fingerprint density at radius 1 is 1.50 bits per heavy atom. The van der Waals surface area contributed by atoms with Gasteiger partial charge in [-0.15, -0.1) is 6.58 Å². The topological polar surface area (TPSA) is 24.5 Å². The summed E-state index contributed by atoms with van der Waals surface area (Å²) in [5.74, 6) is 0.826. The molecule has 1 aliphatic heterocycles. The van der Waals surface area contributed by atoms with Crippen LogP contribution in [0.15, 0.2) is 12.7 Å². The Balaban J connectivity index is 1.88. The maximum absolute atomic E-state index is 5.44. The molecule has 0 spiro atoms. The van der Waals surface area contributed by atoms with Crippen LogP contribution in [-0.4, -0.2) is 51.3 Å². The first-order chi connectivity index (χ1) is 7.83. The molecule has 1 rings (SSSR count). The second-order valence-electron chi connectivity index (χ2n) is 4.66. The van der Waals surface area contributed by atoms with Crippen LogP contribution in [0.3, 0.4) is 0 Å². The molecule has 1 N–H and O–H groups in total. The van der Waals surface area contributed by atoms with E-state index in [1.165, 1.54) is 25.9 Å². The zero-order valence-corrected chi connectivity index (χ0v) is 10.6. The molecular formula is C13H26N2O. The van der Waals surface area contributed by atoms with Crippen molar-refractivity contribution in [3.05, 3.63) is 12.7 Å². The third kappa shape index (κ3) is 6.26. The van der Waals surface area contributed by atoms with Gasteiger partial charge in [0.15, 0.2) is 0 Å². The smallest absolute Gasteiger partial charge is 0.0591 e. The maximum atomic E-state index is 5.44. The minimum Gasteiger partial charge on any atom is -0.380 e. The monoisotopic (exact) mass is 226 g/mol. The molecule has 3 heteroatoms. The van der Waals surface area contributed by atoms with Crippen LogP contribution < -0.4 is 5.32 Å². The van der Waals surface area contributed by atoms with Crippen molar-refractivity contribution in [3.63, 3.8) is 0 Å². The lowest BCUT2D eigenvalue weighted by Gasteiger charge is -2.29. The van der Waals surface area contributed by atoms with Crippen molar-refractivity contribution in [3.8, 4) is 0 Å². The average molecular weight is 226 g/mol. The first-order valence-electron chi connectivity index (χ1n) is 6.41.